The number of hydrazone groups is 1. The third kappa shape index (κ3) is 2.28. The molecule has 0 radical (unpaired) electrons. The van der Waals surface area contributed by atoms with Crippen molar-refractivity contribution in [2.24, 2.45) is 10.8 Å². The average molecular weight is 217 g/mol. The number of amides is 1. The summed E-state index contributed by atoms with van der Waals surface area (Å²) in [5.74, 6) is 0.0229. The lowest BCUT2D eigenvalue weighted by atomic mass is 10.1. The molecular formula is C12H15N3O. The predicted octanol–water partition coefficient (Wildman–Crippen LogP) is 1.30. The van der Waals surface area contributed by atoms with Crippen molar-refractivity contribution in [1.29, 1.82) is 0 Å². The molecule has 0 fully saturated rings. The van der Waals surface area contributed by atoms with Gasteiger partial charge in [-0.05, 0) is 37.1 Å². The van der Waals surface area contributed by atoms with Gasteiger partial charge in [-0.25, -0.2) is 5.01 Å². The molecule has 0 saturated heterocycles. The summed E-state index contributed by atoms with van der Waals surface area (Å²) >= 11 is 0. The molecule has 1 aliphatic rings. The lowest BCUT2D eigenvalue weighted by molar-refractivity contribution is -0.116. The molecule has 4 nitrogen and oxygen atoms in total. The number of rotatable bonds is 4. The number of carbonyl (C=O) groups excluding carboxylic acids is 1. The Morgan fingerprint density at radius 2 is 2.06 bits per heavy atom. The lowest BCUT2D eigenvalue weighted by Crippen LogP contribution is -2.19. The minimum absolute atomic E-state index is 0.0229. The Hall–Kier alpha value is -1.68. The van der Waals surface area contributed by atoms with Crippen LogP contribution in [-0.4, -0.2) is 18.7 Å². The maximum Gasteiger partial charge on any atom is 0.252 e. The number of nitrogens with two attached hydrogens (primary N) is 1. The first-order valence-corrected chi connectivity index (χ1v) is 5.45. The van der Waals surface area contributed by atoms with Gasteiger partial charge in [0.2, 0.25) is 0 Å². The third-order valence-electron chi connectivity index (χ3n) is 2.55. The van der Waals surface area contributed by atoms with E-state index in [9.17, 15) is 4.79 Å². The van der Waals surface area contributed by atoms with Crippen molar-refractivity contribution < 1.29 is 4.79 Å². The molecule has 1 heterocycles. The normalized spacial score (nSPS) is 14.8. The summed E-state index contributed by atoms with van der Waals surface area (Å²) < 4.78 is 0. The van der Waals surface area contributed by atoms with E-state index in [1.54, 1.807) is 6.21 Å². The molecular weight excluding hydrogens is 202 g/mol. The van der Waals surface area contributed by atoms with Crippen molar-refractivity contribution in [3.63, 3.8) is 0 Å². The fourth-order valence-electron chi connectivity index (χ4n) is 1.67. The monoisotopic (exact) mass is 217 g/mol. The smallest absolute Gasteiger partial charge is 0.252 e. The minimum Gasteiger partial charge on any atom is -0.330 e. The molecule has 1 aromatic carbocycles. The number of nitrogens with zero attached hydrogens (tertiary/aromatic N) is 2. The van der Waals surface area contributed by atoms with Gasteiger partial charge in [0.1, 0.15) is 0 Å². The molecule has 0 bridgehead atoms. The minimum atomic E-state index is 0.0229. The molecule has 1 aromatic rings. The Morgan fingerprint density at radius 3 is 2.62 bits per heavy atom. The van der Waals surface area contributed by atoms with E-state index in [2.05, 4.69) is 5.10 Å². The van der Waals surface area contributed by atoms with Gasteiger partial charge < -0.3 is 5.73 Å². The zero-order chi connectivity index (χ0) is 11.4. The van der Waals surface area contributed by atoms with Crippen LogP contribution in [0.25, 0.3) is 0 Å². The van der Waals surface area contributed by atoms with Gasteiger partial charge in [0.25, 0.3) is 5.91 Å². The fourth-order valence-corrected chi connectivity index (χ4v) is 1.67. The summed E-state index contributed by atoms with van der Waals surface area (Å²) in [5.41, 5.74) is 7.52. The van der Waals surface area contributed by atoms with Gasteiger partial charge in [0.15, 0.2) is 0 Å². The number of anilines is 1. The third-order valence-corrected chi connectivity index (χ3v) is 2.55. The number of carbonyl (C=O) groups is 1. The van der Waals surface area contributed by atoms with Gasteiger partial charge in [0.05, 0.1) is 12.1 Å². The summed E-state index contributed by atoms with van der Waals surface area (Å²) in [4.78, 5) is 11.4. The molecule has 0 unspecified atom stereocenters. The maximum absolute atomic E-state index is 11.4. The van der Waals surface area contributed by atoms with Crippen molar-refractivity contribution in [3.05, 3.63) is 29.8 Å². The number of aryl methyl sites for hydroxylation is 1. The summed E-state index contributed by atoms with van der Waals surface area (Å²) in [6.45, 7) is 0.705. The van der Waals surface area contributed by atoms with Crippen LogP contribution in [-0.2, 0) is 11.2 Å². The SMILES string of the molecule is NCCCc1ccc(N2N=CCC2=O)cc1. The second-order valence-corrected chi connectivity index (χ2v) is 3.77. The molecule has 4 heteroatoms. The van der Waals surface area contributed by atoms with E-state index < -0.39 is 0 Å². The van der Waals surface area contributed by atoms with Crippen molar-refractivity contribution in [2.45, 2.75) is 19.3 Å². The molecule has 0 aliphatic carbocycles. The fraction of sp³-hybridized carbons (Fsp3) is 0.333. The highest BCUT2D eigenvalue weighted by atomic mass is 16.2. The number of benzene rings is 1. The van der Waals surface area contributed by atoms with Crippen molar-refractivity contribution >= 4 is 17.8 Å². The summed E-state index contributed by atoms with van der Waals surface area (Å²) in [7, 11) is 0. The molecule has 2 rings (SSSR count). The van der Waals surface area contributed by atoms with Gasteiger partial charge in [-0.1, -0.05) is 12.1 Å². The van der Waals surface area contributed by atoms with Crippen LogP contribution < -0.4 is 10.7 Å². The first kappa shape index (κ1) is 10.8. The number of hydrogen-bond donors (Lipinski definition) is 1. The van der Waals surface area contributed by atoms with Crippen LogP contribution in [0.2, 0.25) is 0 Å². The standard InChI is InChI=1S/C12H15N3O/c13-8-1-2-10-3-5-11(6-4-10)15-12(16)7-9-14-15/h3-6,9H,1-2,7-8,13H2. The van der Waals surface area contributed by atoms with E-state index in [0.717, 1.165) is 18.5 Å². The zero-order valence-electron chi connectivity index (χ0n) is 9.10. The van der Waals surface area contributed by atoms with Gasteiger partial charge in [-0.2, -0.15) is 5.10 Å². The molecule has 0 aromatic heterocycles. The highest BCUT2D eigenvalue weighted by molar-refractivity contribution is 6.05. The van der Waals surface area contributed by atoms with Crippen LogP contribution >= 0.6 is 0 Å². The molecule has 2 N–H and O–H groups in total. The van der Waals surface area contributed by atoms with Crippen molar-refractivity contribution in [1.82, 2.24) is 0 Å². The average Bonchev–Trinajstić information content (AvgIpc) is 2.74. The summed E-state index contributed by atoms with van der Waals surface area (Å²) in [5, 5.41) is 5.45. The molecule has 84 valence electrons. The quantitative estimate of drug-likeness (QED) is 0.826. The number of hydrogen-bond acceptors (Lipinski definition) is 3. The van der Waals surface area contributed by atoms with Gasteiger partial charge >= 0.3 is 0 Å². The molecule has 0 spiro atoms. The second kappa shape index (κ2) is 4.90. The molecule has 16 heavy (non-hydrogen) atoms. The Bertz CT molecular complexity index is 397. The summed E-state index contributed by atoms with van der Waals surface area (Å²) in [6, 6.07) is 7.89. The largest absolute Gasteiger partial charge is 0.330 e. The van der Waals surface area contributed by atoms with Crippen LogP contribution in [0, 0.1) is 0 Å². The second-order valence-electron chi connectivity index (χ2n) is 3.77. The molecule has 0 saturated carbocycles. The van der Waals surface area contributed by atoms with E-state index in [0.29, 0.717) is 13.0 Å². The molecule has 0 atom stereocenters. The van der Waals surface area contributed by atoms with Gasteiger partial charge in [0, 0.05) is 6.21 Å². The van der Waals surface area contributed by atoms with E-state index in [4.69, 9.17) is 5.73 Å². The van der Waals surface area contributed by atoms with Crippen molar-refractivity contribution in [2.75, 3.05) is 11.6 Å². The van der Waals surface area contributed by atoms with E-state index >= 15 is 0 Å². The van der Waals surface area contributed by atoms with Crippen LogP contribution in [0.3, 0.4) is 0 Å². The van der Waals surface area contributed by atoms with Crippen LogP contribution in [0.4, 0.5) is 5.69 Å². The van der Waals surface area contributed by atoms with E-state index in [1.807, 2.05) is 24.3 Å². The first-order valence-electron chi connectivity index (χ1n) is 5.45. The molecule has 1 aliphatic heterocycles. The van der Waals surface area contributed by atoms with Crippen LogP contribution in [0.1, 0.15) is 18.4 Å². The lowest BCUT2D eigenvalue weighted by Gasteiger charge is -2.12. The van der Waals surface area contributed by atoms with Crippen LogP contribution in [0.5, 0.6) is 0 Å². The van der Waals surface area contributed by atoms with Crippen LogP contribution in [0.15, 0.2) is 29.4 Å². The Morgan fingerprint density at radius 1 is 1.31 bits per heavy atom. The predicted molar refractivity (Wildman–Crippen MR) is 64.4 cm³/mol. The highest BCUT2D eigenvalue weighted by Crippen LogP contribution is 2.19. The highest BCUT2D eigenvalue weighted by Gasteiger charge is 2.17. The van der Waals surface area contributed by atoms with E-state index in [1.165, 1.54) is 10.6 Å². The maximum atomic E-state index is 11.4. The Kier molecular flexibility index (Phi) is 3.31. The van der Waals surface area contributed by atoms with Gasteiger partial charge in [-0.3, -0.25) is 4.79 Å². The van der Waals surface area contributed by atoms with E-state index in [-0.39, 0.29) is 5.91 Å². The summed E-state index contributed by atoms with van der Waals surface area (Å²) in [6.07, 6.45) is 3.99. The Balaban J connectivity index is 2.07. The Labute approximate surface area is 94.7 Å². The van der Waals surface area contributed by atoms with Gasteiger partial charge in [-0.15, -0.1) is 0 Å². The molecule has 1 amide bonds. The zero-order valence-corrected chi connectivity index (χ0v) is 9.10. The first-order chi connectivity index (χ1) is 7.81. The topological polar surface area (TPSA) is 58.7 Å². The van der Waals surface area contributed by atoms with Crippen molar-refractivity contribution in [3.8, 4) is 0 Å².